The molecule has 0 saturated heterocycles. The van der Waals surface area contributed by atoms with E-state index < -0.39 is 11.9 Å². The minimum atomic E-state index is -0.689. The molecule has 1 aliphatic heterocycles. The van der Waals surface area contributed by atoms with E-state index in [4.69, 9.17) is 13.9 Å². The number of methoxy groups -OCH3 is 1. The molecule has 0 spiro atoms. The fourth-order valence-corrected chi connectivity index (χ4v) is 5.12. The van der Waals surface area contributed by atoms with Crippen LogP contribution in [0.15, 0.2) is 51.7 Å². The van der Waals surface area contributed by atoms with E-state index in [1.807, 2.05) is 52.0 Å². The zero-order valence-corrected chi connectivity index (χ0v) is 20.4. The van der Waals surface area contributed by atoms with Crippen molar-refractivity contribution in [3.8, 4) is 11.5 Å². The van der Waals surface area contributed by atoms with Crippen molar-refractivity contribution >= 4 is 33.3 Å². The lowest BCUT2D eigenvalue weighted by atomic mass is 9.98. The van der Waals surface area contributed by atoms with Crippen molar-refractivity contribution in [2.75, 3.05) is 12.0 Å². The van der Waals surface area contributed by atoms with Gasteiger partial charge >= 0.3 is 0 Å². The quantitative estimate of drug-likeness (QED) is 0.383. The van der Waals surface area contributed by atoms with E-state index in [-0.39, 0.29) is 17.3 Å². The predicted octanol–water partition coefficient (Wildman–Crippen LogP) is 5.41. The average molecular weight is 477 g/mol. The van der Waals surface area contributed by atoms with Crippen LogP contribution in [0, 0.1) is 13.8 Å². The summed E-state index contributed by atoms with van der Waals surface area (Å²) in [4.78, 5) is 34.6. The Morgan fingerprint density at radius 1 is 1.09 bits per heavy atom. The average Bonchev–Trinajstić information content (AvgIpc) is 3.29. The van der Waals surface area contributed by atoms with Crippen molar-refractivity contribution in [1.29, 1.82) is 0 Å². The molecule has 0 fully saturated rings. The van der Waals surface area contributed by atoms with Crippen molar-refractivity contribution in [2.45, 2.75) is 39.8 Å². The number of nitrogens with zero attached hydrogens (tertiary/aromatic N) is 2. The van der Waals surface area contributed by atoms with Crippen LogP contribution in [-0.2, 0) is 0 Å². The van der Waals surface area contributed by atoms with Crippen molar-refractivity contribution < 1.29 is 18.7 Å². The van der Waals surface area contributed by atoms with Crippen molar-refractivity contribution in [1.82, 2.24) is 4.98 Å². The van der Waals surface area contributed by atoms with Crippen LogP contribution < -0.4 is 19.8 Å². The number of hydrogen-bond donors (Lipinski definition) is 0. The number of carbonyl (C=O) groups excluding carboxylic acids is 1. The minimum Gasteiger partial charge on any atom is -0.497 e. The second kappa shape index (κ2) is 8.29. The predicted molar refractivity (Wildman–Crippen MR) is 131 cm³/mol. The van der Waals surface area contributed by atoms with Gasteiger partial charge in [-0.3, -0.25) is 14.5 Å². The molecule has 5 rings (SSSR count). The molecule has 2 aromatic heterocycles. The number of aryl methyl sites for hydroxylation is 2. The maximum absolute atomic E-state index is 13.7. The SMILES string of the molecule is COc1ccc2c(=O)c3c(oc2c1)C(=O)N(c1nc(C)c(C)s1)C3c1cccc(OC(C)C)c1. The van der Waals surface area contributed by atoms with Crippen LogP contribution in [0.4, 0.5) is 5.13 Å². The fraction of sp³-hybridized carbons (Fsp3) is 0.269. The molecule has 1 atom stereocenters. The number of benzene rings is 2. The molecule has 1 amide bonds. The third-order valence-electron chi connectivity index (χ3n) is 5.85. The number of fused-ring (bicyclic) bond motifs is 2. The molecule has 7 nitrogen and oxygen atoms in total. The maximum Gasteiger partial charge on any atom is 0.297 e. The van der Waals surface area contributed by atoms with Gasteiger partial charge in [0, 0.05) is 10.9 Å². The molecule has 0 N–H and O–H groups in total. The van der Waals surface area contributed by atoms with Gasteiger partial charge in [-0.1, -0.05) is 12.1 Å². The fourth-order valence-electron chi connectivity index (χ4n) is 4.18. The Bertz CT molecular complexity index is 1470. The first-order valence-corrected chi connectivity index (χ1v) is 11.8. The van der Waals surface area contributed by atoms with E-state index in [9.17, 15) is 9.59 Å². The Hall–Kier alpha value is -3.65. The molecule has 2 aromatic carbocycles. The van der Waals surface area contributed by atoms with Gasteiger partial charge in [0.1, 0.15) is 17.1 Å². The minimum absolute atomic E-state index is 0.0166. The summed E-state index contributed by atoms with van der Waals surface area (Å²) in [6.07, 6.45) is -0.0166. The highest BCUT2D eigenvalue weighted by atomic mass is 32.1. The Morgan fingerprint density at radius 3 is 2.56 bits per heavy atom. The normalized spacial score (nSPS) is 15.3. The molecular weight excluding hydrogens is 452 g/mol. The molecule has 174 valence electrons. The number of aromatic nitrogens is 1. The third-order valence-corrected chi connectivity index (χ3v) is 6.92. The molecule has 1 unspecified atom stereocenters. The number of anilines is 1. The Labute approximate surface area is 200 Å². The Kier molecular flexibility index (Phi) is 5.40. The lowest BCUT2D eigenvalue weighted by Crippen LogP contribution is -2.29. The van der Waals surface area contributed by atoms with Gasteiger partial charge in [0.05, 0.1) is 35.9 Å². The van der Waals surface area contributed by atoms with Gasteiger partial charge in [-0.05, 0) is 57.5 Å². The first-order chi connectivity index (χ1) is 16.3. The van der Waals surface area contributed by atoms with Crippen LogP contribution in [0.5, 0.6) is 11.5 Å². The summed E-state index contributed by atoms with van der Waals surface area (Å²) >= 11 is 1.41. The highest BCUT2D eigenvalue weighted by molar-refractivity contribution is 7.15. The second-order valence-electron chi connectivity index (χ2n) is 8.49. The number of rotatable bonds is 5. The van der Waals surface area contributed by atoms with Gasteiger partial charge in [0.15, 0.2) is 10.6 Å². The van der Waals surface area contributed by atoms with Crippen molar-refractivity contribution in [3.05, 3.63) is 80.1 Å². The van der Waals surface area contributed by atoms with E-state index in [0.717, 1.165) is 16.1 Å². The van der Waals surface area contributed by atoms with Crippen LogP contribution in [0.25, 0.3) is 11.0 Å². The standard InChI is InChI=1S/C26H24N2O5S/c1-13(2)32-18-8-6-7-16(11-18)22-21-23(29)19-10-9-17(31-5)12-20(19)33-24(21)25(30)28(22)26-27-14(3)15(4)34-26/h6-13,22H,1-5H3. The number of carbonyl (C=O) groups is 1. The van der Waals surface area contributed by atoms with Gasteiger partial charge in [-0.15, -0.1) is 11.3 Å². The number of thiazole rings is 1. The smallest absolute Gasteiger partial charge is 0.297 e. The molecule has 1 aliphatic rings. The van der Waals surface area contributed by atoms with Gasteiger partial charge in [0.2, 0.25) is 5.76 Å². The van der Waals surface area contributed by atoms with Crippen molar-refractivity contribution in [2.24, 2.45) is 0 Å². The van der Waals surface area contributed by atoms with Crippen LogP contribution >= 0.6 is 11.3 Å². The van der Waals surface area contributed by atoms with Crippen LogP contribution in [0.2, 0.25) is 0 Å². The molecular formula is C26H24N2O5S. The molecule has 0 radical (unpaired) electrons. The van der Waals surface area contributed by atoms with E-state index in [1.165, 1.54) is 18.4 Å². The summed E-state index contributed by atoms with van der Waals surface area (Å²) in [5, 5.41) is 0.910. The van der Waals surface area contributed by atoms with E-state index in [0.29, 0.717) is 33.2 Å². The molecule has 34 heavy (non-hydrogen) atoms. The first-order valence-electron chi connectivity index (χ1n) is 11.0. The summed E-state index contributed by atoms with van der Waals surface area (Å²) in [6, 6.07) is 11.8. The Balaban J connectivity index is 1.77. The number of hydrogen-bond acceptors (Lipinski definition) is 7. The van der Waals surface area contributed by atoms with Gasteiger partial charge in [0.25, 0.3) is 5.91 Å². The topological polar surface area (TPSA) is 81.9 Å². The van der Waals surface area contributed by atoms with Crippen LogP contribution in [-0.4, -0.2) is 24.1 Å². The zero-order valence-electron chi connectivity index (χ0n) is 19.5. The van der Waals surface area contributed by atoms with E-state index >= 15 is 0 Å². The highest BCUT2D eigenvalue weighted by Gasteiger charge is 2.45. The number of amides is 1. The van der Waals surface area contributed by atoms with Crippen molar-refractivity contribution in [3.63, 3.8) is 0 Å². The molecule has 0 aliphatic carbocycles. The molecule has 0 bridgehead atoms. The number of ether oxygens (including phenoxy) is 2. The van der Waals surface area contributed by atoms with Crippen LogP contribution in [0.3, 0.4) is 0 Å². The first kappa shape index (κ1) is 22.2. The summed E-state index contributed by atoms with van der Waals surface area (Å²) < 4.78 is 17.2. The molecule has 4 aromatic rings. The summed E-state index contributed by atoms with van der Waals surface area (Å²) in [5.74, 6) is 0.830. The highest BCUT2D eigenvalue weighted by Crippen LogP contribution is 2.43. The zero-order chi connectivity index (χ0) is 24.1. The maximum atomic E-state index is 13.7. The van der Waals surface area contributed by atoms with Gasteiger partial charge in [-0.25, -0.2) is 4.98 Å². The molecule has 8 heteroatoms. The van der Waals surface area contributed by atoms with Gasteiger partial charge < -0.3 is 13.9 Å². The summed E-state index contributed by atoms with van der Waals surface area (Å²) in [6.45, 7) is 7.76. The monoisotopic (exact) mass is 476 g/mol. The lowest BCUT2D eigenvalue weighted by molar-refractivity contribution is 0.0970. The van der Waals surface area contributed by atoms with Gasteiger partial charge in [-0.2, -0.15) is 0 Å². The lowest BCUT2D eigenvalue weighted by Gasteiger charge is -2.23. The molecule has 0 saturated carbocycles. The second-order valence-corrected chi connectivity index (χ2v) is 9.67. The largest absolute Gasteiger partial charge is 0.497 e. The molecule has 3 heterocycles. The third kappa shape index (κ3) is 3.54. The van der Waals surface area contributed by atoms with E-state index in [1.54, 1.807) is 23.1 Å². The Morgan fingerprint density at radius 2 is 1.88 bits per heavy atom. The summed E-state index contributed by atoms with van der Waals surface area (Å²) in [7, 11) is 1.54. The van der Waals surface area contributed by atoms with Crippen LogP contribution in [0.1, 0.15) is 52.1 Å². The van der Waals surface area contributed by atoms with E-state index in [2.05, 4.69) is 4.98 Å². The summed E-state index contributed by atoms with van der Waals surface area (Å²) in [5.41, 5.74) is 1.94.